The molecule has 7 heteroatoms. The maximum Gasteiger partial charge on any atom is 0.305 e. The van der Waals surface area contributed by atoms with Crippen molar-refractivity contribution in [2.24, 2.45) is 0 Å². The third-order valence-electron chi connectivity index (χ3n) is 2.96. The number of benzene rings is 1. The van der Waals surface area contributed by atoms with Crippen LogP contribution in [-0.2, 0) is 26.1 Å². The molecule has 21 heavy (non-hydrogen) atoms. The van der Waals surface area contributed by atoms with Crippen LogP contribution in [0.15, 0.2) is 17.0 Å². The van der Waals surface area contributed by atoms with Gasteiger partial charge >= 0.3 is 5.97 Å². The van der Waals surface area contributed by atoms with Crippen molar-refractivity contribution in [1.29, 1.82) is 0 Å². The predicted molar refractivity (Wildman–Crippen MR) is 80.2 cm³/mol. The number of rotatable bonds is 7. The Bertz CT molecular complexity index is 610. The highest BCUT2D eigenvalue weighted by molar-refractivity contribution is 7.85. The van der Waals surface area contributed by atoms with Crippen molar-refractivity contribution in [3.63, 3.8) is 0 Å². The van der Waals surface area contributed by atoms with E-state index in [0.29, 0.717) is 29.8 Å². The number of esters is 1. The average Bonchev–Trinajstić information content (AvgIpc) is 2.38. The summed E-state index contributed by atoms with van der Waals surface area (Å²) >= 11 is 6.11. The van der Waals surface area contributed by atoms with Crippen LogP contribution in [0.5, 0.6) is 0 Å². The van der Waals surface area contributed by atoms with Crippen LogP contribution in [0, 0.1) is 6.92 Å². The summed E-state index contributed by atoms with van der Waals surface area (Å²) in [6, 6.07) is 2.87. The lowest BCUT2D eigenvalue weighted by atomic mass is 10.1. The van der Waals surface area contributed by atoms with E-state index in [0.717, 1.165) is 12.0 Å². The number of hydrogen-bond acceptors (Lipinski definition) is 4. The molecule has 0 aliphatic carbocycles. The van der Waals surface area contributed by atoms with Gasteiger partial charge in [-0.15, -0.1) is 0 Å². The molecule has 1 aromatic rings. The summed E-state index contributed by atoms with van der Waals surface area (Å²) in [5.41, 5.74) is 1.08. The molecule has 0 spiro atoms. The van der Waals surface area contributed by atoms with Gasteiger partial charge in [-0.1, -0.05) is 24.6 Å². The highest BCUT2D eigenvalue weighted by atomic mass is 35.5. The molecule has 1 rings (SSSR count). The van der Waals surface area contributed by atoms with Gasteiger partial charge in [0.15, 0.2) is 0 Å². The normalized spacial score (nSPS) is 11.4. The van der Waals surface area contributed by atoms with E-state index in [1.54, 1.807) is 6.92 Å². The second kappa shape index (κ2) is 7.77. The van der Waals surface area contributed by atoms with E-state index >= 15 is 0 Å². The number of carbonyl (C=O) groups excluding carboxylic acids is 1. The molecule has 0 saturated carbocycles. The van der Waals surface area contributed by atoms with E-state index < -0.39 is 10.1 Å². The van der Waals surface area contributed by atoms with Crippen molar-refractivity contribution < 1.29 is 22.5 Å². The van der Waals surface area contributed by atoms with E-state index in [1.165, 1.54) is 12.1 Å². The molecule has 0 heterocycles. The van der Waals surface area contributed by atoms with Gasteiger partial charge in [-0.3, -0.25) is 9.35 Å². The Morgan fingerprint density at radius 3 is 2.62 bits per heavy atom. The zero-order valence-electron chi connectivity index (χ0n) is 12.1. The lowest BCUT2D eigenvalue weighted by Gasteiger charge is -2.11. The first-order valence-corrected chi connectivity index (χ1v) is 8.50. The van der Waals surface area contributed by atoms with Crippen molar-refractivity contribution in [3.05, 3.63) is 28.3 Å². The van der Waals surface area contributed by atoms with E-state index in [9.17, 15) is 17.8 Å². The fourth-order valence-corrected chi connectivity index (χ4v) is 2.98. The Hall–Kier alpha value is -1.11. The first-order valence-electron chi connectivity index (χ1n) is 6.68. The van der Waals surface area contributed by atoms with E-state index in [-0.39, 0.29) is 17.5 Å². The van der Waals surface area contributed by atoms with Crippen LogP contribution in [-0.4, -0.2) is 25.5 Å². The molecule has 118 valence electrons. The van der Waals surface area contributed by atoms with Crippen LogP contribution in [0.3, 0.4) is 0 Å². The fraction of sp³-hybridized carbons (Fsp3) is 0.500. The van der Waals surface area contributed by atoms with Gasteiger partial charge in [-0.2, -0.15) is 8.42 Å². The fourth-order valence-electron chi connectivity index (χ4n) is 1.91. The van der Waals surface area contributed by atoms with Crippen molar-refractivity contribution >= 4 is 27.7 Å². The first kappa shape index (κ1) is 17.9. The summed E-state index contributed by atoms with van der Waals surface area (Å²) in [6.07, 6.45) is 1.81. The van der Waals surface area contributed by atoms with Crippen LogP contribution in [0.2, 0.25) is 5.02 Å². The second-order valence-corrected chi connectivity index (χ2v) is 6.49. The zero-order chi connectivity index (χ0) is 16.0. The van der Waals surface area contributed by atoms with Gasteiger partial charge in [0.05, 0.1) is 11.5 Å². The van der Waals surface area contributed by atoms with E-state index in [4.69, 9.17) is 16.3 Å². The molecule has 1 N–H and O–H groups in total. The van der Waals surface area contributed by atoms with Gasteiger partial charge in [-0.25, -0.2) is 0 Å². The monoisotopic (exact) mass is 334 g/mol. The lowest BCUT2D eigenvalue weighted by Crippen LogP contribution is -2.08. The summed E-state index contributed by atoms with van der Waals surface area (Å²) in [7, 11) is -4.33. The van der Waals surface area contributed by atoms with E-state index in [1.807, 2.05) is 6.92 Å². The number of carbonyl (C=O) groups is 1. The van der Waals surface area contributed by atoms with Gasteiger partial charge in [0.2, 0.25) is 0 Å². The molecule has 5 nitrogen and oxygen atoms in total. The number of hydrogen-bond donors (Lipinski definition) is 1. The van der Waals surface area contributed by atoms with Crippen LogP contribution < -0.4 is 0 Å². The summed E-state index contributed by atoms with van der Waals surface area (Å²) in [5.74, 6) is -0.275. The van der Waals surface area contributed by atoms with Crippen LogP contribution >= 0.6 is 11.6 Å². The topological polar surface area (TPSA) is 80.7 Å². The Balaban J connectivity index is 2.79. The summed E-state index contributed by atoms with van der Waals surface area (Å²) in [4.78, 5) is 11.0. The zero-order valence-corrected chi connectivity index (χ0v) is 13.6. The molecule has 0 unspecified atom stereocenters. The molecule has 0 aromatic heterocycles. The maximum atomic E-state index is 11.4. The minimum absolute atomic E-state index is 0.189. The van der Waals surface area contributed by atoms with Crippen LogP contribution in [0.4, 0.5) is 0 Å². The summed E-state index contributed by atoms with van der Waals surface area (Å²) in [6.45, 7) is 3.82. The molecule has 0 radical (unpaired) electrons. The van der Waals surface area contributed by atoms with Gasteiger partial charge in [0.25, 0.3) is 10.1 Å². The quantitative estimate of drug-likeness (QED) is 0.470. The molecule has 0 saturated heterocycles. The third kappa shape index (κ3) is 5.30. The molecule has 0 atom stereocenters. The third-order valence-corrected chi connectivity index (χ3v) is 4.42. The number of halogens is 1. The lowest BCUT2D eigenvalue weighted by molar-refractivity contribution is -0.143. The van der Waals surface area contributed by atoms with Gasteiger partial charge < -0.3 is 4.74 Å². The largest absolute Gasteiger partial charge is 0.466 e. The molecular formula is C14H19ClO5S. The first-order chi connectivity index (χ1) is 9.77. The Kier molecular flexibility index (Phi) is 6.64. The minimum Gasteiger partial charge on any atom is -0.466 e. The van der Waals surface area contributed by atoms with Gasteiger partial charge in [0, 0.05) is 11.4 Å². The van der Waals surface area contributed by atoms with Crippen LogP contribution in [0.1, 0.15) is 37.3 Å². The Morgan fingerprint density at radius 1 is 1.38 bits per heavy atom. The highest BCUT2D eigenvalue weighted by Crippen LogP contribution is 2.28. The Labute approximate surface area is 130 Å². The molecule has 0 amide bonds. The summed E-state index contributed by atoms with van der Waals surface area (Å²) in [5, 5.41) is 0.310. The second-order valence-electron chi connectivity index (χ2n) is 4.72. The smallest absolute Gasteiger partial charge is 0.305 e. The van der Waals surface area contributed by atoms with Crippen molar-refractivity contribution in [3.8, 4) is 0 Å². The van der Waals surface area contributed by atoms with Crippen molar-refractivity contribution in [1.82, 2.24) is 0 Å². The molecular weight excluding hydrogens is 316 g/mol. The molecule has 0 aliphatic heterocycles. The van der Waals surface area contributed by atoms with E-state index in [2.05, 4.69) is 0 Å². The predicted octanol–water partition coefficient (Wildman–Crippen LogP) is 3.17. The Morgan fingerprint density at radius 2 is 2.05 bits per heavy atom. The maximum absolute atomic E-state index is 11.4. The van der Waals surface area contributed by atoms with Gasteiger partial charge in [-0.05, 0) is 43.4 Å². The van der Waals surface area contributed by atoms with Crippen molar-refractivity contribution in [2.75, 3.05) is 6.61 Å². The SMILES string of the molecule is CCCC(=O)OCCCc1c(S(=O)(=O)O)ccc(C)c1Cl. The minimum atomic E-state index is -4.33. The highest BCUT2D eigenvalue weighted by Gasteiger charge is 2.19. The molecule has 0 fully saturated rings. The number of aryl methyl sites for hydroxylation is 1. The van der Waals surface area contributed by atoms with Gasteiger partial charge in [0.1, 0.15) is 0 Å². The molecule has 0 aliphatic rings. The number of ether oxygens (including phenoxy) is 1. The standard InChI is InChI=1S/C14H19ClO5S/c1-3-5-13(16)20-9-4-6-11-12(21(17,18)19)8-7-10(2)14(11)15/h7-8H,3-6,9H2,1-2H3,(H,17,18,19). The molecule has 1 aromatic carbocycles. The summed E-state index contributed by atoms with van der Waals surface area (Å²) < 4.78 is 36.9. The van der Waals surface area contributed by atoms with Crippen molar-refractivity contribution in [2.45, 2.75) is 44.4 Å². The molecule has 0 bridgehead atoms. The average molecular weight is 335 g/mol. The van der Waals surface area contributed by atoms with Crippen LogP contribution in [0.25, 0.3) is 0 Å².